The van der Waals surface area contributed by atoms with E-state index < -0.39 is 6.17 Å². The number of fused-ring (bicyclic) bond motifs is 3. The first kappa shape index (κ1) is 27.6. The van der Waals surface area contributed by atoms with Crippen LogP contribution in [0.15, 0.2) is 42.5 Å². The Morgan fingerprint density at radius 2 is 2.07 bits per heavy atom. The number of terminal acetylenes is 1. The van der Waals surface area contributed by atoms with Gasteiger partial charge in [-0.3, -0.25) is 14.6 Å². The molecule has 7 rings (SSSR count). The summed E-state index contributed by atoms with van der Waals surface area (Å²) in [6.07, 6.45) is 7.98. The summed E-state index contributed by atoms with van der Waals surface area (Å²) in [5.74, 6) is 3.19. The first-order valence-corrected chi connectivity index (χ1v) is 14.8. The maximum absolute atomic E-state index is 14.4. The standard InChI is InChI=1S/C34H33FN4O4/c1-3-22-7-4-8-23-15-25(40)16-28(30(22)23)26-9-10-27-31(21(26)2)36-33(37-32(27)39-13-6-14-42-19-29(39)41)43-20-34-11-5-12-38(34)18-24(35)17-34/h1,4,7-10,15-16,24,40H,5-6,11-14,17-20H2,2H3/t24-,34+/m1/s1. The minimum Gasteiger partial charge on any atom is -0.508 e. The Hall–Kier alpha value is -4.26. The number of halogens is 1. The van der Waals surface area contributed by atoms with Crippen molar-refractivity contribution in [2.45, 2.75) is 44.3 Å². The number of carbonyl (C=O) groups is 1. The maximum atomic E-state index is 14.4. The summed E-state index contributed by atoms with van der Waals surface area (Å²) in [5.41, 5.74) is 3.43. The molecule has 0 radical (unpaired) electrons. The number of nitrogens with zero attached hydrogens (tertiary/aromatic N) is 4. The van der Waals surface area contributed by atoms with E-state index in [1.165, 1.54) is 0 Å². The molecule has 1 aromatic heterocycles. The Bertz CT molecular complexity index is 1800. The molecule has 9 heteroatoms. The smallest absolute Gasteiger partial charge is 0.319 e. The fraction of sp³-hybridized carbons (Fsp3) is 0.382. The van der Waals surface area contributed by atoms with Gasteiger partial charge in [0.05, 0.1) is 11.1 Å². The van der Waals surface area contributed by atoms with Crippen LogP contribution in [0.25, 0.3) is 32.8 Å². The predicted molar refractivity (Wildman–Crippen MR) is 163 cm³/mol. The van der Waals surface area contributed by atoms with E-state index in [2.05, 4.69) is 10.8 Å². The molecule has 4 aromatic rings. The van der Waals surface area contributed by atoms with E-state index in [1.807, 2.05) is 37.3 Å². The number of benzene rings is 3. The summed E-state index contributed by atoms with van der Waals surface area (Å²) in [6, 6.07) is 13.1. The predicted octanol–water partition coefficient (Wildman–Crippen LogP) is 5.15. The molecule has 4 heterocycles. The second-order valence-electron chi connectivity index (χ2n) is 11.8. The first-order valence-electron chi connectivity index (χ1n) is 14.8. The molecule has 43 heavy (non-hydrogen) atoms. The van der Waals surface area contributed by atoms with Crippen LogP contribution in [0.2, 0.25) is 0 Å². The van der Waals surface area contributed by atoms with Gasteiger partial charge in [0, 0.05) is 42.5 Å². The number of hydrogen-bond donors (Lipinski definition) is 1. The number of aromatic nitrogens is 2. The molecule has 0 saturated carbocycles. The number of amides is 1. The molecule has 3 fully saturated rings. The molecule has 0 unspecified atom stereocenters. The molecule has 2 atom stereocenters. The Balaban J connectivity index is 1.39. The fourth-order valence-electron chi connectivity index (χ4n) is 7.16. The number of phenols is 1. The van der Waals surface area contributed by atoms with Crippen molar-refractivity contribution < 1.29 is 23.8 Å². The highest BCUT2D eigenvalue weighted by Crippen LogP contribution is 2.42. The van der Waals surface area contributed by atoms with E-state index >= 15 is 0 Å². The Labute approximate surface area is 249 Å². The topological polar surface area (TPSA) is 88.0 Å². The molecule has 0 spiro atoms. The van der Waals surface area contributed by atoms with Crippen molar-refractivity contribution in [3.05, 3.63) is 53.6 Å². The van der Waals surface area contributed by atoms with Gasteiger partial charge in [-0.15, -0.1) is 6.42 Å². The van der Waals surface area contributed by atoms with Gasteiger partial charge in [0.2, 0.25) is 0 Å². The monoisotopic (exact) mass is 580 g/mol. The van der Waals surface area contributed by atoms with Gasteiger partial charge in [-0.1, -0.05) is 24.1 Å². The van der Waals surface area contributed by atoms with Crippen LogP contribution in [-0.4, -0.2) is 77.0 Å². The quantitative estimate of drug-likeness (QED) is 0.327. The highest BCUT2D eigenvalue weighted by molar-refractivity contribution is 6.07. The van der Waals surface area contributed by atoms with Gasteiger partial charge in [0.25, 0.3) is 5.91 Å². The number of rotatable bonds is 5. The van der Waals surface area contributed by atoms with Crippen molar-refractivity contribution in [3.8, 4) is 35.2 Å². The van der Waals surface area contributed by atoms with E-state index in [9.17, 15) is 14.3 Å². The third-order valence-corrected chi connectivity index (χ3v) is 9.17. The first-order chi connectivity index (χ1) is 20.9. The second-order valence-corrected chi connectivity index (χ2v) is 11.8. The van der Waals surface area contributed by atoms with Crippen molar-refractivity contribution in [1.29, 1.82) is 0 Å². The molecule has 3 aromatic carbocycles. The molecule has 3 saturated heterocycles. The van der Waals surface area contributed by atoms with E-state index in [0.29, 0.717) is 49.3 Å². The largest absolute Gasteiger partial charge is 0.508 e. The number of aryl methyl sites for hydroxylation is 1. The van der Waals surface area contributed by atoms with Gasteiger partial charge in [0.1, 0.15) is 25.1 Å². The molecule has 3 aliphatic rings. The van der Waals surface area contributed by atoms with Gasteiger partial charge in [-0.05, 0) is 79.1 Å². The normalized spacial score (nSPS) is 22.6. The lowest BCUT2D eigenvalue weighted by atomic mass is 9.91. The lowest BCUT2D eigenvalue weighted by Crippen LogP contribution is -2.43. The summed E-state index contributed by atoms with van der Waals surface area (Å²) >= 11 is 0. The van der Waals surface area contributed by atoms with Crippen molar-refractivity contribution in [2.75, 3.05) is 44.4 Å². The summed E-state index contributed by atoms with van der Waals surface area (Å²) in [4.78, 5) is 26.7. The minimum absolute atomic E-state index is 0.0289. The van der Waals surface area contributed by atoms with Gasteiger partial charge in [0.15, 0.2) is 5.82 Å². The molecule has 220 valence electrons. The SMILES string of the molecule is C#Cc1cccc2cc(O)cc(-c3ccc4c(N5CCCOCC5=O)nc(OC[C@@]56CCCN5C[C@H](F)C6)nc4c3C)c12. The van der Waals surface area contributed by atoms with E-state index in [4.69, 9.17) is 25.9 Å². The second kappa shape index (κ2) is 10.8. The summed E-state index contributed by atoms with van der Waals surface area (Å²) in [5, 5.41) is 13.0. The zero-order valence-corrected chi connectivity index (χ0v) is 24.1. The van der Waals surface area contributed by atoms with E-state index in [-0.39, 0.29) is 36.4 Å². The lowest BCUT2D eigenvalue weighted by molar-refractivity contribution is -0.122. The van der Waals surface area contributed by atoms with Gasteiger partial charge >= 0.3 is 6.01 Å². The van der Waals surface area contributed by atoms with Crippen molar-refractivity contribution >= 4 is 33.4 Å². The van der Waals surface area contributed by atoms with Crippen LogP contribution in [0.5, 0.6) is 11.8 Å². The van der Waals surface area contributed by atoms with Crippen molar-refractivity contribution in [3.63, 3.8) is 0 Å². The molecular formula is C34H33FN4O4. The Morgan fingerprint density at radius 3 is 2.93 bits per heavy atom. The molecule has 0 bridgehead atoms. The molecule has 8 nitrogen and oxygen atoms in total. The number of aromatic hydroxyl groups is 1. The van der Waals surface area contributed by atoms with Crippen LogP contribution in [0.1, 0.15) is 36.8 Å². The number of hydrogen-bond acceptors (Lipinski definition) is 7. The van der Waals surface area contributed by atoms with Crippen LogP contribution in [0.3, 0.4) is 0 Å². The zero-order chi connectivity index (χ0) is 29.7. The zero-order valence-electron chi connectivity index (χ0n) is 24.1. The fourth-order valence-corrected chi connectivity index (χ4v) is 7.16. The van der Waals surface area contributed by atoms with Gasteiger partial charge in [-0.25, -0.2) is 4.39 Å². The minimum atomic E-state index is -0.874. The van der Waals surface area contributed by atoms with Crippen LogP contribution < -0.4 is 9.64 Å². The third-order valence-electron chi connectivity index (χ3n) is 9.17. The summed E-state index contributed by atoms with van der Waals surface area (Å²) in [6.45, 7) is 4.43. The van der Waals surface area contributed by atoms with E-state index in [1.54, 1.807) is 17.0 Å². The number of carbonyl (C=O) groups excluding carboxylic acids is 1. The van der Waals surface area contributed by atoms with Gasteiger partial charge in [-0.2, -0.15) is 9.97 Å². The third kappa shape index (κ3) is 4.75. The molecule has 1 amide bonds. The van der Waals surface area contributed by atoms with Crippen LogP contribution in [0, 0.1) is 19.3 Å². The highest BCUT2D eigenvalue weighted by atomic mass is 19.1. The Morgan fingerprint density at radius 1 is 1.19 bits per heavy atom. The number of anilines is 1. The molecule has 1 N–H and O–H groups in total. The number of phenolic OH excluding ortho intramolecular Hbond substituents is 1. The summed E-state index contributed by atoms with van der Waals surface area (Å²) in [7, 11) is 0. The number of ether oxygens (including phenoxy) is 2. The van der Waals surface area contributed by atoms with Crippen molar-refractivity contribution in [2.24, 2.45) is 0 Å². The molecule has 3 aliphatic heterocycles. The van der Waals surface area contributed by atoms with Crippen LogP contribution in [0.4, 0.5) is 10.2 Å². The van der Waals surface area contributed by atoms with E-state index in [0.717, 1.165) is 52.4 Å². The van der Waals surface area contributed by atoms with Crippen LogP contribution in [-0.2, 0) is 9.53 Å². The average Bonchev–Trinajstić information content (AvgIpc) is 3.43. The molecule has 0 aliphatic carbocycles. The Kier molecular flexibility index (Phi) is 6.91. The lowest BCUT2D eigenvalue weighted by Gasteiger charge is -2.31. The van der Waals surface area contributed by atoms with Gasteiger partial charge < -0.3 is 14.6 Å². The van der Waals surface area contributed by atoms with Crippen molar-refractivity contribution in [1.82, 2.24) is 14.9 Å². The number of alkyl halides is 1. The molecular weight excluding hydrogens is 547 g/mol. The summed E-state index contributed by atoms with van der Waals surface area (Å²) < 4.78 is 26.3. The average molecular weight is 581 g/mol. The highest BCUT2D eigenvalue weighted by Gasteiger charge is 2.49. The maximum Gasteiger partial charge on any atom is 0.319 e. The van der Waals surface area contributed by atoms with Crippen LogP contribution >= 0.6 is 0 Å².